The van der Waals surface area contributed by atoms with Crippen molar-refractivity contribution in [2.24, 2.45) is 0 Å². The molecule has 0 amide bonds. The molecule has 1 aliphatic heterocycles. The average molecular weight is 717 g/mol. The zero-order chi connectivity index (χ0) is 37.3. The van der Waals surface area contributed by atoms with Crippen molar-refractivity contribution in [3.05, 3.63) is 223 Å². The molecular weight excluding hydrogens is 681 g/mol. The normalized spacial score (nSPS) is 13.4. The molecule has 0 spiro atoms. The SMILES string of the molecule is C1=C(c2ccccc2)c2c(ccc3cc(-c4nc(-c5cccc(-c6ccccc6)c5)nc(-c5cccc(-c6ccccc6)c5)n4)ccc23)NC1c1ccccc1. The van der Waals surface area contributed by atoms with Gasteiger partial charge >= 0.3 is 0 Å². The molecule has 0 fully saturated rings. The van der Waals surface area contributed by atoms with Crippen LogP contribution in [0.1, 0.15) is 22.7 Å². The summed E-state index contributed by atoms with van der Waals surface area (Å²) in [6, 6.07) is 70.1. The van der Waals surface area contributed by atoms with E-state index in [-0.39, 0.29) is 6.04 Å². The molecule has 0 saturated heterocycles. The fraction of sp³-hybridized carbons (Fsp3) is 0.0192. The van der Waals surface area contributed by atoms with Crippen LogP contribution in [-0.2, 0) is 0 Å². The third-order valence-electron chi connectivity index (χ3n) is 10.5. The smallest absolute Gasteiger partial charge is 0.164 e. The largest absolute Gasteiger partial charge is 0.374 e. The van der Waals surface area contributed by atoms with Crippen LogP contribution in [0, 0.1) is 0 Å². The minimum atomic E-state index is 0.0541. The second-order valence-corrected chi connectivity index (χ2v) is 14.1. The highest BCUT2D eigenvalue weighted by atomic mass is 15.0. The lowest BCUT2D eigenvalue weighted by Crippen LogP contribution is -2.15. The van der Waals surface area contributed by atoms with Crippen molar-refractivity contribution in [3.63, 3.8) is 0 Å². The van der Waals surface area contributed by atoms with Crippen molar-refractivity contribution < 1.29 is 0 Å². The monoisotopic (exact) mass is 716 g/mol. The van der Waals surface area contributed by atoms with E-state index >= 15 is 0 Å². The first kappa shape index (κ1) is 33.2. The first-order chi connectivity index (χ1) is 27.7. The molecule has 10 rings (SSSR count). The van der Waals surface area contributed by atoms with Crippen LogP contribution in [0.3, 0.4) is 0 Å². The molecule has 1 aromatic heterocycles. The molecule has 4 heteroatoms. The van der Waals surface area contributed by atoms with Crippen LogP contribution in [0.5, 0.6) is 0 Å². The molecule has 4 nitrogen and oxygen atoms in total. The summed E-state index contributed by atoms with van der Waals surface area (Å²) in [5.41, 5.74) is 13.2. The van der Waals surface area contributed by atoms with E-state index in [4.69, 9.17) is 15.0 Å². The minimum Gasteiger partial charge on any atom is -0.374 e. The molecule has 0 radical (unpaired) electrons. The fourth-order valence-electron chi connectivity index (χ4n) is 7.74. The lowest BCUT2D eigenvalue weighted by Gasteiger charge is -2.28. The second-order valence-electron chi connectivity index (χ2n) is 14.1. The molecule has 1 atom stereocenters. The Bertz CT molecular complexity index is 2770. The predicted molar refractivity (Wildman–Crippen MR) is 231 cm³/mol. The first-order valence-corrected chi connectivity index (χ1v) is 19.0. The van der Waals surface area contributed by atoms with Crippen molar-refractivity contribution in [2.45, 2.75) is 6.04 Å². The molecule has 2 heterocycles. The molecule has 9 aromatic rings. The Kier molecular flexibility index (Phi) is 8.54. The van der Waals surface area contributed by atoms with Gasteiger partial charge < -0.3 is 5.32 Å². The first-order valence-electron chi connectivity index (χ1n) is 19.0. The van der Waals surface area contributed by atoms with Gasteiger partial charge in [-0.3, -0.25) is 0 Å². The summed E-state index contributed by atoms with van der Waals surface area (Å²) in [5.74, 6) is 1.88. The number of hydrogen-bond acceptors (Lipinski definition) is 4. The van der Waals surface area contributed by atoms with Gasteiger partial charge in [-0.05, 0) is 80.1 Å². The van der Waals surface area contributed by atoms with Gasteiger partial charge in [0.2, 0.25) is 0 Å². The summed E-state index contributed by atoms with van der Waals surface area (Å²) < 4.78 is 0. The van der Waals surface area contributed by atoms with Gasteiger partial charge in [0.05, 0.1) is 6.04 Å². The number of fused-ring (bicyclic) bond motifs is 3. The summed E-state index contributed by atoms with van der Waals surface area (Å²) in [6.07, 6.45) is 2.36. The van der Waals surface area contributed by atoms with Gasteiger partial charge in [-0.15, -0.1) is 0 Å². The average Bonchev–Trinajstić information content (AvgIpc) is 3.29. The number of benzene rings is 8. The maximum absolute atomic E-state index is 5.17. The third-order valence-corrected chi connectivity index (χ3v) is 10.5. The van der Waals surface area contributed by atoms with Gasteiger partial charge in [0, 0.05) is 27.9 Å². The van der Waals surface area contributed by atoms with Gasteiger partial charge in [0.1, 0.15) is 0 Å². The lowest BCUT2D eigenvalue weighted by atomic mass is 9.86. The second kappa shape index (κ2) is 14.4. The molecule has 0 saturated carbocycles. The van der Waals surface area contributed by atoms with Crippen LogP contribution < -0.4 is 5.32 Å². The Hall–Kier alpha value is -7.43. The van der Waals surface area contributed by atoms with Crippen molar-refractivity contribution in [2.75, 3.05) is 5.32 Å². The standard InChI is InChI=1S/C52H36N4/c1-5-15-35(16-6-1)39-23-13-25-42(31-39)50-54-51(43-26-14-24-40(32-43)36-17-7-2-8-18-36)56-52(55-50)44-27-29-45-41(33-44)28-30-47-49(45)46(37-19-9-3-10-20-37)34-48(53-47)38-21-11-4-12-22-38/h1-34,48,53H. The Balaban J connectivity index is 1.11. The van der Waals surface area contributed by atoms with Crippen LogP contribution in [-0.4, -0.2) is 15.0 Å². The van der Waals surface area contributed by atoms with E-state index in [9.17, 15) is 0 Å². The number of aromatic nitrogens is 3. The van der Waals surface area contributed by atoms with Crippen molar-refractivity contribution >= 4 is 22.0 Å². The molecule has 56 heavy (non-hydrogen) atoms. The maximum atomic E-state index is 5.17. The van der Waals surface area contributed by atoms with E-state index in [1.807, 2.05) is 12.1 Å². The number of rotatable bonds is 7. The van der Waals surface area contributed by atoms with E-state index in [2.05, 4.69) is 199 Å². The molecule has 264 valence electrons. The van der Waals surface area contributed by atoms with Crippen LogP contribution >= 0.6 is 0 Å². The van der Waals surface area contributed by atoms with Crippen LogP contribution in [0.15, 0.2) is 206 Å². The topological polar surface area (TPSA) is 50.7 Å². The van der Waals surface area contributed by atoms with Crippen molar-refractivity contribution in [1.29, 1.82) is 0 Å². The van der Waals surface area contributed by atoms with E-state index in [1.54, 1.807) is 0 Å². The highest BCUT2D eigenvalue weighted by Crippen LogP contribution is 2.43. The van der Waals surface area contributed by atoms with Crippen LogP contribution in [0.25, 0.3) is 72.8 Å². The van der Waals surface area contributed by atoms with Gasteiger partial charge in [-0.25, -0.2) is 15.0 Å². The van der Waals surface area contributed by atoms with Crippen molar-refractivity contribution in [1.82, 2.24) is 15.0 Å². The zero-order valence-corrected chi connectivity index (χ0v) is 30.5. The van der Waals surface area contributed by atoms with E-state index < -0.39 is 0 Å². The maximum Gasteiger partial charge on any atom is 0.164 e. The van der Waals surface area contributed by atoms with Gasteiger partial charge in [-0.1, -0.05) is 176 Å². The van der Waals surface area contributed by atoms with E-state index in [0.29, 0.717) is 17.5 Å². The quantitative estimate of drug-likeness (QED) is 0.178. The summed E-state index contributed by atoms with van der Waals surface area (Å²) in [6.45, 7) is 0. The molecule has 1 aliphatic rings. The Morgan fingerprint density at radius 1 is 0.357 bits per heavy atom. The number of hydrogen-bond donors (Lipinski definition) is 1. The summed E-state index contributed by atoms with van der Waals surface area (Å²) in [5, 5.41) is 6.11. The van der Waals surface area contributed by atoms with E-state index in [0.717, 1.165) is 50.0 Å². The highest BCUT2D eigenvalue weighted by molar-refractivity contribution is 6.05. The summed E-state index contributed by atoms with van der Waals surface area (Å²) in [7, 11) is 0. The zero-order valence-electron chi connectivity index (χ0n) is 30.5. The number of anilines is 1. The summed E-state index contributed by atoms with van der Waals surface area (Å²) in [4.78, 5) is 15.5. The predicted octanol–water partition coefficient (Wildman–Crippen LogP) is 13.0. The van der Waals surface area contributed by atoms with Gasteiger partial charge in [0.15, 0.2) is 17.5 Å². The Labute approximate surface area is 326 Å². The van der Waals surface area contributed by atoms with Crippen molar-refractivity contribution in [3.8, 4) is 56.4 Å². The molecule has 8 aromatic carbocycles. The molecular formula is C52H36N4. The highest BCUT2D eigenvalue weighted by Gasteiger charge is 2.24. The van der Waals surface area contributed by atoms with Crippen LogP contribution in [0.2, 0.25) is 0 Å². The Morgan fingerprint density at radius 3 is 1.38 bits per heavy atom. The molecule has 1 N–H and O–H groups in total. The fourth-order valence-corrected chi connectivity index (χ4v) is 7.74. The van der Waals surface area contributed by atoms with Gasteiger partial charge in [-0.2, -0.15) is 0 Å². The molecule has 1 unspecified atom stereocenters. The third kappa shape index (κ3) is 6.44. The van der Waals surface area contributed by atoms with E-state index in [1.165, 1.54) is 27.6 Å². The minimum absolute atomic E-state index is 0.0541. The van der Waals surface area contributed by atoms with Crippen LogP contribution in [0.4, 0.5) is 5.69 Å². The number of nitrogens with one attached hydrogen (secondary N) is 1. The van der Waals surface area contributed by atoms with Gasteiger partial charge in [0.25, 0.3) is 0 Å². The number of nitrogens with zero attached hydrogens (tertiary/aromatic N) is 3. The Morgan fingerprint density at radius 2 is 0.821 bits per heavy atom. The lowest BCUT2D eigenvalue weighted by molar-refractivity contribution is 0.974. The summed E-state index contributed by atoms with van der Waals surface area (Å²) >= 11 is 0. The molecule has 0 bridgehead atoms. The molecule has 0 aliphatic carbocycles.